The first-order chi connectivity index (χ1) is 12.7. The van der Waals surface area contributed by atoms with Gasteiger partial charge in [0.05, 0.1) is 0 Å². The van der Waals surface area contributed by atoms with Crippen LogP contribution in [0.25, 0.3) is 0 Å². The Morgan fingerprint density at radius 1 is 0.759 bits per heavy atom. The topological polar surface area (TPSA) is 49.7 Å². The van der Waals surface area contributed by atoms with Crippen molar-refractivity contribution in [2.75, 3.05) is 6.61 Å². The van der Waals surface area contributed by atoms with Gasteiger partial charge in [-0.2, -0.15) is 0 Å². The summed E-state index contributed by atoms with van der Waals surface area (Å²) in [4.78, 5) is 0. The Kier molecular flexibility index (Phi) is 9.03. The molecule has 29 heavy (non-hydrogen) atoms. The minimum absolute atomic E-state index is 0.0343. The zero-order valence-electron chi connectivity index (χ0n) is 14.0. The normalized spacial score (nSPS) is 13.7. The van der Waals surface area contributed by atoms with Gasteiger partial charge in [-0.05, 0) is 0 Å². The van der Waals surface area contributed by atoms with Crippen LogP contribution in [0.3, 0.4) is 0 Å². The number of halogens is 12. The Balaban J connectivity index is 0.00000245. The molecular formula is C12H8BF12LiO3. The molecule has 0 unspecified atom stereocenters. The van der Waals surface area contributed by atoms with Gasteiger partial charge in [0.25, 0.3) is 0 Å². The van der Waals surface area contributed by atoms with Gasteiger partial charge in [-0.1, -0.05) is 0 Å². The molecule has 1 rings (SSSR count). The number of ether oxygens (including phenoxy) is 1. The number of hydrogen-bond acceptors (Lipinski definition) is 3. The Labute approximate surface area is 164 Å². The van der Waals surface area contributed by atoms with Crippen LogP contribution in [0.15, 0.2) is 18.2 Å². The molecule has 17 heteroatoms. The molecular weight excluding hydrogens is 438 g/mol. The monoisotopic (exact) mass is 446 g/mol. The number of benzene rings is 1. The second kappa shape index (κ2) is 9.38. The minimum atomic E-state index is -6.53. The molecule has 0 aliphatic heterocycles. The van der Waals surface area contributed by atoms with E-state index in [0.29, 0.717) is 0 Å². The second-order valence-electron chi connectivity index (χ2n) is 5.31. The van der Waals surface area contributed by atoms with Crippen LogP contribution in [0.4, 0.5) is 52.7 Å². The first-order valence-corrected chi connectivity index (χ1v) is 6.98. The van der Waals surface area contributed by atoms with Gasteiger partial charge in [-0.25, -0.2) is 0 Å². The third-order valence-corrected chi connectivity index (χ3v) is 3.06. The Morgan fingerprint density at radius 3 is 1.45 bits per heavy atom. The van der Waals surface area contributed by atoms with Gasteiger partial charge in [0.15, 0.2) is 0 Å². The molecule has 0 saturated carbocycles. The third-order valence-electron chi connectivity index (χ3n) is 3.06. The van der Waals surface area contributed by atoms with Crippen molar-refractivity contribution in [2.24, 2.45) is 0 Å². The summed E-state index contributed by atoms with van der Waals surface area (Å²) in [6.07, 6.45) is -24.0. The fourth-order valence-electron chi connectivity index (χ4n) is 2.08. The van der Waals surface area contributed by atoms with E-state index in [1.807, 2.05) is 0 Å². The zero-order valence-corrected chi connectivity index (χ0v) is 14.0. The summed E-state index contributed by atoms with van der Waals surface area (Å²) in [6.45, 7) is -2.98. The van der Waals surface area contributed by atoms with Crippen molar-refractivity contribution < 1.29 is 67.5 Å². The van der Waals surface area contributed by atoms with Crippen LogP contribution in [-0.2, 0) is 16.5 Å². The molecule has 2 N–H and O–H groups in total. The number of rotatable bonds is 3. The predicted molar refractivity (Wildman–Crippen MR) is 74.2 cm³/mol. The van der Waals surface area contributed by atoms with Crippen LogP contribution in [0.2, 0.25) is 0 Å². The standard InChI is InChI=1S/C12H5F12O.BH3O2.Li/c13-8(14,15)5-25-9(11(19,20)21,12(22,23)24)6-2-1-3-7(4-6)10(16,17)18;2-1-3;/h2-4H,5H2;1-3H;. The maximum absolute atomic E-state index is 13.2. The van der Waals surface area contributed by atoms with E-state index in [4.69, 9.17) is 10.0 Å². The molecule has 0 atom stereocenters. The summed E-state index contributed by atoms with van der Waals surface area (Å²) in [7, 11) is -0.750. The molecule has 162 valence electrons. The third kappa shape index (κ3) is 7.28. The molecule has 0 bridgehead atoms. The summed E-state index contributed by atoms with van der Waals surface area (Å²) in [6, 6.07) is -0.262. The summed E-state index contributed by atoms with van der Waals surface area (Å²) >= 11 is 0.750. The van der Waals surface area contributed by atoms with Gasteiger partial charge in [0.2, 0.25) is 0 Å². The van der Waals surface area contributed by atoms with E-state index >= 15 is 0 Å². The van der Waals surface area contributed by atoms with Crippen molar-refractivity contribution in [3.8, 4) is 0 Å². The van der Waals surface area contributed by atoms with Gasteiger partial charge in [-0.3, -0.25) is 0 Å². The molecule has 1 aromatic carbocycles. The van der Waals surface area contributed by atoms with Gasteiger partial charge < -0.3 is 10.0 Å². The van der Waals surface area contributed by atoms with E-state index in [9.17, 15) is 52.7 Å². The van der Waals surface area contributed by atoms with Crippen LogP contribution < -0.4 is 4.24 Å². The van der Waals surface area contributed by atoms with Crippen molar-refractivity contribution in [3.63, 3.8) is 0 Å². The quantitative estimate of drug-likeness (QED) is 0.555. The van der Waals surface area contributed by atoms with Gasteiger partial charge in [-0.15, -0.1) is 0 Å². The number of hydrogen-bond donors (Lipinski definition) is 2. The SMILES string of the molecule is OBO.[Li][c]1cc(C(F)(F)F)cc(C(OCC(F)(F)F)(C(F)(F)F)C(F)(F)F)c1. The molecule has 0 fully saturated rings. The fraction of sp³-hybridized carbons (Fsp3) is 0.500. The van der Waals surface area contributed by atoms with Crippen molar-refractivity contribution in [1.82, 2.24) is 0 Å². The summed E-state index contributed by atoms with van der Waals surface area (Å²) in [5, 5.41) is 14.2. The summed E-state index contributed by atoms with van der Waals surface area (Å²) < 4.78 is 156. The van der Waals surface area contributed by atoms with Crippen LogP contribution in [0.5, 0.6) is 0 Å². The number of alkyl halides is 12. The van der Waals surface area contributed by atoms with Gasteiger partial charge in [0.1, 0.15) is 0 Å². The van der Waals surface area contributed by atoms with Crippen LogP contribution in [0, 0.1) is 0 Å². The van der Waals surface area contributed by atoms with Crippen LogP contribution >= 0.6 is 0 Å². The molecule has 0 heterocycles. The molecule has 0 saturated heterocycles. The summed E-state index contributed by atoms with van der Waals surface area (Å²) in [5.41, 5.74) is -9.66. The predicted octanol–water partition coefficient (Wildman–Crippen LogP) is 2.64. The van der Waals surface area contributed by atoms with E-state index in [0.717, 1.165) is 17.7 Å². The fourth-order valence-corrected chi connectivity index (χ4v) is 2.08. The maximum atomic E-state index is 13.2. The molecule has 0 radical (unpaired) electrons. The Morgan fingerprint density at radius 2 is 1.14 bits per heavy atom. The molecule has 1 aromatic rings. The molecule has 0 aromatic heterocycles. The molecule has 3 nitrogen and oxygen atoms in total. The van der Waals surface area contributed by atoms with Crippen molar-refractivity contribution in [2.45, 2.75) is 30.3 Å². The average molecular weight is 446 g/mol. The summed E-state index contributed by atoms with van der Waals surface area (Å²) in [5.74, 6) is 0. The Bertz CT molecular complexity index is 654. The first kappa shape index (κ1) is 27.9. The van der Waals surface area contributed by atoms with E-state index in [1.165, 1.54) is 0 Å². The second-order valence-corrected chi connectivity index (χ2v) is 5.31. The van der Waals surface area contributed by atoms with Gasteiger partial charge in [0, 0.05) is 0 Å². The van der Waals surface area contributed by atoms with Crippen molar-refractivity contribution in [1.29, 1.82) is 0 Å². The molecule has 0 amide bonds. The van der Waals surface area contributed by atoms with E-state index in [2.05, 4.69) is 4.74 Å². The van der Waals surface area contributed by atoms with E-state index in [-0.39, 0.29) is 12.1 Å². The van der Waals surface area contributed by atoms with Crippen LogP contribution in [0.1, 0.15) is 11.1 Å². The first-order valence-electron chi connectivity index (χ1n) is 6.98. The van der Waals surface area contributed by atoms with E-state index < -0.39 is 66.0 Å². The van der Waals surface area contributed by atoms with Crippen LogP contribution in [-0.4, -0.2) is 60.6 Å². The van der Waals surface area contributed by atoms with Crippen molar-refractivity contribution >= 4 is 29.6 Å². The molecule has 0 aliphatic carbocycles. The Hall–Kier alpha value is -1.08. The van der Waals surface area contributed by atoms with Crippen molar-refractivity contribution in [3.05, 3.63) is 29.3 Å². The zero-order chi connectivity index (χ0) is 23.5. The average Bonchev–Trinajstić information content (AvgIpc) is 2.42. The molecule has 0 aliphatic rings. The van der Waals surface area contributed by atoms with Gasteiger partial charge >= 0.3 is 153 Å². The van der Waals surface area contributed by atoms with E-state index in [1.54, 1.807) is 0 Å². The molecule has 0 spiro atoms.